The molecule has 0 bridgehead atoms. The number of halogens is 4. The molecule has 0 unspecified atom stereocenters. The minimum Gasteiger partial charge on any atom is -0.296 e. The molecule has 162 valence electrons. The molecule has 0 radical (unpaired) electrons. The summed E-state index contributed by atoms with van der Waals surface area (Å²) in [4.78, 5) is 11.7. The second-order valence-corrected chi connectivity index (χ2v) is 9.09. The topological polar surface area (TPSA) is 83.8 Å². The molecular weight excluding hydrogens is 447 g/mol. The van der Waals surface area contributed by atoms with Gasteiger partial charge in [0.05, 0.1) is 20.4 Å². The summed E-state index contributed by atoms with van der Waals surface area (Å²) in [6.07, 6.45) is -4.76. The summed E-state index contributed by atoms with van der Waals surface area (Å²) in [6.45, 7) is 1.44. The third-order valence-electron chi connectivity index (χ3n) is 4.77. The molecule has 1 saturated heterocycles. The van der Waals surface area contributed by atoms with Gasteiger partial charge in [0.15, 0.2) is 0 Å². The number of nitrogens with zero attached hydrogens (tertiary/aromatic N) is 3. The Labute approximate surface area is 175 Å². The van der Waals surface area contributed by atoms with Crippen LogP contribution in [0, 0.1) is 10.1 Å². The van der Waals surface area contributed by atoms with E-state index in [-0.39, 0.29) is 18.8 Å². The fourth-order valence-electron chi connectivity index (χ4n) is 3.14. The van der Waals surface area contributed by atoms with E-state index in [1.807, 2.05) is 4.90 Å². The molecule has 7 nitrogen and oxygen atoms in total. The van der Waals surface area contributed by atoms with Gasteiger partial charge in [-0.2, -0.15) is 17.5 Å². The maximum Gasteiger partial charge on any atom is 0.417 e. The van der Waals surface area contributed by atoms with Crippen molar-refractivity contribution in [1.82, 2.24) is 9.21 Å². The maximum absolute atomic E-state index is 13.0. The summed E-state index contributed by atoms with van der Waals surface area (Å²) in [5.41, 5.74) is -0.373. The fourth-order valence-corrected chi connectivity index (χ4v) is 4.81. The molecule has 0 amide bonds. The molecule has 2 aromatic rings. The van der Waals surface area contributed by atoms with Gasteiger partial charge < -0.3 is 0 Å². The molecule has 2 aromatic carbocycles. The Hall–Kier alpha value is -2.21. The molecule has 0 N–H and O–H groups in total. The largest absolute Gasteiger partial charge is 0.417 e. The minimum absolute atomic E-state index is 0.0177. The van der Waals surface area contributed by atoms with Crippen LogP contribution in [0.15, 0.2) is 47.4 Å². The summed E-state index contributed by atoms with van der Waals surface area (Å²) in [5.74, 6) is 0. The van der Waals surface area contributed by atoms with Crippen LogP contribution in [0.25, 0.3) is 0 Å². The number of nitro groups is 1. The number of alkyl halides is 3. The van der Waals surface area contributed by atoms with Crippen molar-refractivity contribution in [3.63, 3.8) is 0 Å². The standard InChI is InChI=1S/C18H17ClF3N3O4S/c19-17-6-5-15(11-16(17)18(20,21)22)30(28,29)24-9-7-23(8-10-24)12-13-1-3-14(4-2-13)25(26)27/h1-6,11H,7-10,12H2. The van der Waals surface area contributed by atoms with Crippen LogP contribution in [-0.4, -0.2) is 48.7 Å². The van der Waals surface area contributed by atoms with Crippen LogP contribution in [0.1, 0.15) is 11.1 Å². The van der Waals surface area contributed by atoms with Gasteiger partial charge in [0.2, 0.25) is 10.0 Å². The molecule has 0 saturated carbocycles. The number of hydrogen-bond donors (Lipinski definition) is 0. The van der Waals surface area contributed by atoms with Gasteiger partial charge in [0.1, 0.15) is 0 Å². The first kappa shape index (κ1) is 22.5. The van der Waals surface area contributed by atoms with E-state index >= 15 is 0 Å². The van der Waals surface area contributed by atoms with Crippen molar-refractivity contribution in [2.75, 3.05) is 26.2 Å². The lowest BCUT2D eigenvalue weighted by molar-refractivity contribution is -0.384. The monoisotopic (exact) mass is 463 g/mol. The van der Waals surface area contributed by atoms with Gasteiger partial charge in [-0.1, -0.05) is 23.7 Å². The van der Waals surface area contributed by atoms with E-state index in [2.05, 4.69) is 0 Å². The van der Waals surface area contributed by atoms with E-state index in [4.69, 9.17) is 11.6 Å². The molecule has 0 aromatic heterocycles. The second-order valence-electron chi connectivity index (χ2n) is 6.74. The zero-order valence-corrected chi connectivity index (χ0v) is 17.0. The minimum atomic E-state index is -4.76. The third-order valence-corrected chi connectivity index (χ3v) is 6.99. The van der Waals surface area contributed by atoms with Gasteiger partial charge in [-0.25, -0.2) is 8.42 Å². The summed E-state index contributed by atoms with van der Waals surface area (Å²) in [6, 6.07) is 8.62. The highest BCUT2D eigenvalue weighted by atomic mass is 35.5. The highest BCUT2D eigenvalue weighted by molar-refractivity contribution is 7.89. The van der Waals surface area contributed by atoms with Crippen LogP contribution >= 0.6 is 11.6 Å². The Morgan fingerprint density at radius 3 is 2.17 bits per heavy atom. The first-order valence-corrected chi connectivity index (χ1v) is 10.6. The van der Waals surface area contributed by atoms with Crippen LogP contribution in [0.5, 0.6) is 0 Å². The molecule has 0 aliphatic carbocycles. The second kappa shape index (κ2) is 8.50. The number of hydrogen-bond acceptors (Lipinski definition) is 5. The van der Waals surface area contributed by atoms with E-state index in [1.165, 1.54) is 12.1 Å². The van der Waals surface area contributed by atoms with E-state index in [0.29, 0.717) is 25.7 Å². The number of piperazine rings is 1. The summed E-state index contributed by atoms with van der Waals surface area (Å²) >= 11 is 5.57. The zero-order chi connectivity index (χ0) is 22.1. The van der Waals surface area contributed by atoms with Gasteiger partial charge >= 0.3 is 6.18 Å². The molecule has 0 atom stereocenters. The summed E-state index contributed by atoms with van der Waals surface area (Å²) in [5, 5.41) is 10.1. The quantitative estimate of drug-likeness (QED) is 0.498. The Balaban J connectivity index is 1.67. The molecule has 3 rings (SSSR count). The van der Waals surface area contributed by atoms with Gasteiger partial charge in [-0.05, 0) is 23.8 Å². The summed E-state index contributed by atoms with van der Waals surface area (Å²) in [7, 11) is -4.10. The first-order valence-electron chi connectivity index (χ1n) is 8.81. The fraction of sp³-hybridized carbons (Fsp3) is 0.333. The van der Waals surface area contributed by atoms with Gasteiger partial charge in [-0.3, -0.25) is 15.0 Å². The van der Waals surface area contributed by atoms with Gasteiger partial charge in [0.25, 0.3) is 5.69 Å². The number of benzene rings is 2. The number of sulfonamides is 1. The van der Waals surface area contributed by atoms with Crippen molar-refractivity contribution >= 4 is 27.3 Å². The lowest BCUT2D eigenvalue weighted by Gasteiger charge is -2.34. The molecule has 1 heterocycles. The van der Waals surface area contributed by atoms with Gasteiger partial charge in [-0.15, -0.1) is 0 Å². The Morgan fingerprint density at radius 1 is 1.03 bits per heavy atom. The molecule has 1 aliphatic rings. The van der Waals surface area contributed by atoms with Crippen molar-refractivity contribution in [3.8, 4) is 0 Å². The van der Waals surface area contributed by atoms with E-state index in [1.54, 1.807) is 12.1 Å². The van der Waals surface area contributed by atoms with Crippen LogP contribution in [0.4, 0.5) is 18.9 Å². The van der Waals surface area contributed by atoms with Crippen molar-refractivity contribution in [1.29, 1.82) is 0 Å². The molecular formula is C18H17ClF3N3O4S. The van der Waals surface area contributed by atoms with E-state index < -0.39 is 36.6 Å². The molecule has 1 fully saturated rings. The van der Waals surface area contributed by atoms with E-state index in [9.17, 15) is 31.7 Å². The molecule has 0 spiro atoms. The predicted molar refractivity (Wildman–Crippen MR) is 104 cm³/mol. The number of rotatable bonds is 5. The predicted octanol–water partition coefficient (Wildman–Crippen LogP) is 3.77. The average Bonchev–Trinajstić information content (AvgIpc) is 2.68. The average molecular weight is 464 g/mol. The van der Waals surface area contributed by atoms with Crippen LogP contribution in [0.3, 0.4) is 0 Å². The van der Waals surface area contributed by atoms with Crippen molar-refractivity contribution in [2.45, 2.75) is 17.6 Å². The highest BCUT2D eigenvalue weighted by Gasteiger charge is 2.36. The lowest BCUT2D eigenvalue weighted by Crippen LogP contribution is -2.48. The lowest BCUT2D eigenvalue weighted by atomic mass is 10.2. The molecule has 30 heavy (non-hydrogen) atoms. The Bertz CT molecular complexity index is 1040. The van der Waals surface area contributed by atoms with E-state index in [0.717, 1.165) is 22.0 Å². The Morgan fingerprint density at radius 2 is 1.63 bits per heavy atom. The highest BCUT2D eigenvalue weighted by Crippen LogP contribution is 2.36. The molecule has 1 aliphatic heterocycles. The van der Waals surface area contributed by atoms with Crippen LogP contribution in [-0.2, 0) is 22.7 Å². The number of non-ortho nitro benzene ring substituents is 1. The smallest absolute Gasteiger partial charge is 0.296 e. The molecule has 12 heteroatoms. The summed E-state index contributed by atoms with van der Waals surface area (Å²) < 4.78 is 65.8. The first-order chi connectivity index (χ1) is 14.0. The SMILES string of the molecule is O=[N+]([O-])c1ccc(CN2CCN(S(=O)(=O)c3ccc(Cl)c(C(F)(F)F)c3)CC2)cc1. The van der Waals surface area contributed by atoms with Gasteiger partial charge in [0, 0.05) is 44.9 Å². The normalized spacial score (nSPS) is 16.5. The van der Waals surface area contributed by atoms with Crippen molar-refractivity contribution in [2.24, 2.45) is 0 Å². The zero-order valence-electron chi connectivity index (χ0n) is 15.5. The third kappa shape index (κ3) is 4.91. The van der Waals surface area contributed by atoms with Crippen LogP contribution < -0.4 is 0 Å². The van der Waals surface area contributed by atoms with Crippen molar-refractivity contribution in [3.05, 3.63) is 68.7 Å². The number of nitro benzene ring substituents is 1. The Kier molecular flexibility index (Phi) is 6.37. The maximum atomic E-state index is 13.0. The van der Waals surface area contributed by atoms with Crippen molar-refractivity contribution < 1.29 is 26.5 Å². The van der Waals surface area contributed by atoms with Crippen LogP contribution in [0.2, 0.25) is 5.02 Å².